The monoisotopic (exact) mass is 440 g/mol. The Hall–Kier alpha value is -2.26. The number of carbonyl (C=O) groups is 1. The van der Waals surface area contributed by atoms with Crippen LogP contribution < -0.4 is 4.74 Å². The molecule has 0 spiro atoms. The fraction of sp³-hybridized carbons (Fsp3) is 0.312. The van der Waals surface area contributed by atoms with Gasteiger partial charge in [0.15, 0.2) is 0 Å². The van der Waals surface area contributed by atoms with Crippen molar-refractivity contribution in [3.05, 3.63) is 55.8 Å². The Morgan fingerprint density at radius 3 is 2.81 bits per heavy atom. The van der Waals surface area contributed by atoms with Crippen LogP contribution in [0.5, 0.6) is 6.01 Å². The molecular weight excluding hydrogens is 428 g/mol. The van der Waals surface area contributed by atoms with Gasteiger partial charge in [0, 0.05) is 30.0 Å². The van der Waals surface area contributed by atoms with Gasteiger partial charge in [-0.15, -0.1) is 0 Å². The highest BCUT2D eigenvalue weighted by Gasteiger charge is 2.30. The van der Waals surface area contributed by atoms with Crippen LogP contribution in [0.2, 0.25) is 5.02 Å². The van der Waals surface area contributed by atoms with Crippen molar-refractivity contribution in [3.63, 3.8) is 0 Å². The summed E-state index contributed by atoms with van der Waals surface area (Å²) in [6.45, 7) is 0.783. The van der Waals surface area contributed by atoms with Crippen molar-refractivity contribution in [2.45, 2.75) is 18.9 Å². The Kier molecular flexibility index (Phi) is 5.67. The number of aromatic nitrogens is 2. The lowest BCUT2D eigenvalue weighted by molar-refractivity contribution is -0.385. The first-order valence-corrected chi connectivity index (χ1v) is 8.98. The molecule has 0 N–H and O–H groups in total. The van der Waals surface area contributed by atoms with E-state index >= 15 is 0 Å². The van der Waals surface area contributed by atoms with Crippen molar-refractivity contribution in [2.24, 2.45) is 0 Å². The van der Waals surface area contributed by atoms with Gasteiger partial charge in [0.25, 0.3) is 11.6 Å². The van der Waals surface area contributed by atoms with Gasteiger partial charge in [-0.05, 0) is 40.9 Å². The van der Waals surface area contributed by atoms with Crippen LogP contribution in [0.3, 0.4) is 0 Å². The van der Waals surface area contributed by atoms with Gasteiger partial charge >= 0.3 is 6.01 Å². The van der Waals surface area contributed by atoms with Gasteiger partial charge in [-0.1, -0.05) is 11.6 Å². The third-order valence-electron chi connectivity index (χ3n) is 3.92. The maximum atomic E-state index is 12.8. The number of carbonyl (C=O) groups excluding carboxylic acids is 1. The molecule has 10 heteroatoms. The second-order valence-corrected chi connectivity index (χ2v) is 7.09. The minimum Gasteiger partial charge on any atom is -0.458 e. The third-order valence-corrected chi connectivity index (χ3v) is 4.56. The summed E-state index contributed by atoms with van der Waals surface area (Å²) in [7, 11) is 0. The van der Waals surface area contributed by atoms with Gasteiger partial charge in [-0.25, -0.2) is 9.97 Å². The van der Waals surface area contributed by atoms with E-state index in [0.29, 0.717) is 19.5 Å². The predicted molar refractivity (Wildman–Crippen MR) is 97.4 cm³/mol. The van der Waals surface area contributed by atoms with E-state index in [1.54, 1.807) is 12.4 Å². The summed E-state index contributed by atoms with van der Waals surface area (Å²) < 4.78 is 6.47. The summed E-state index contributed by atoms with van der Waals surface area (Å²) in [5.41, 5.74) is -0.290. The summed E-state index contributed by atoms with van der Waals surface area (Å²) in [6, 6.07) is 4.18. The summed E-state index contributed by atoms with van der Waals surface area (Å²) in [5, 5.41) is 11.5. The predicted octanol–water partition coefficient (Wildman–Crippen LogP) is 3.48. The Morgan fingerprint density at radius 1 is 1.38 bits per heavy atom. The van der Waals surface area contributed by atoms with E-state index < -0.39 is 10.8 Å². The number of benzene rings is 1. The van der Waals surface area contributed by atoms with Crippen LogP contribution in [0.1, 0.15) is 23.2 Å². The van der Waals surface area contributed by atoms with Crippen LogP contribution >= 0.6 is 27.5 Å². The average molecular weight is 442 g/mol. The molecule has 0 bridgehead atoms. The Balaban J connectivity index is 1.75. The summed E-state index contributed by atoms with van der Waals surface area (Å²) in [6.07, 6.45) is 4.31. The molecule has 0 aliphatic carbocycles. The number of hydrogen-bond donors (Lipinski definition) is 0. The van der Waals surface area contributed by atoms with Crippen molar-refractivity contribution in [1.82, 2.24) is 14.9 Å². The molecule has 136 valence electrons. The zero-order valence-electron chi connectivity index (χ0n) is 13.5. The van der Waals surface area contributed by atoms with Gasteiger partial charge in [0.05, 0.1) is 15.9 Å². The van der Waals surface area contributed by atoms with Gasteiger partial charge in [0.1, 0.15) is 11.7 Å². The van der Waals surface area contributed by atoms with Crippen LogP contribution in [-0.2, 0) is 0 Å². The zero-order chi connectivity index (χ0) is 18.7. The number of amides is 1. The molecule has 1 aliphatic rings. The molecule has 0 radical (unpaired) electrons. The number of halogens is 2. The Bertz CT molecular complexity index is 833. The molecule has 1 fully saturated rings. The number of nitro benzene ring substituents is 1. The van der Waals surface area contributed by atoms with Gasteiger partial charge in [0.2, 0.25) is 0 Å². The first-order valence-electron chi connectivity index (χ1n) is 7.81. The van der Waals surface area contributed by atoms with E-state index in [0.717, 1.165) is 10.9 Å². The quantitative estimate of drug-likeness (QED) is 0.532. The molecule has 2 aromatic rings. The van der Waals surface area contributed by atoms with E-state index in [-0.39, 0.29) is 28.4 Å². The standard InChI is InChI=1S/C16H14BrClN4O4/c17-10-7-19-16(20-8-10)26-12-2-1-5-21(9-12)15(23)13-6-11(18)3-4-14(13)22(24)25/h3-4,6-8,12H,1-2,5,9H2. The average Bonchev–Trinajstić information content (AvgIpc) is 2.63. The molecule has 1 aliphatic heterocycles. The SMILES string of the molecule is O=C(c1cc(Cl)ccc1[N+](=O)[O-])N1CCCC(Oc2ncc(Br)cn2)C1. The highest BCUT2D eigenvalue weighted by molar-refractivity contribution is 9.10. The maximum Gasteiger partial charge on any atom is 0.316 e. The minimum absolute atomic E-state index is 0.0250. The van der Waals surface area contributed by atoms with Crippen molar-refractivity contribution in [3.8, 4) is 6.01 Å². The Morgan fingerprint density at radius 2 is 2.12 bits per heavy atom. The molecule has 1 saturated heterocycles. The van der Waals surface area contributed by atoms with E-state index in [2.05, 4.69) is 25.9 Å². The van der Waals surface area contributed by atoms with Gasteiger partial charge in [-0.3, -0.25) is 14.9 Å². The molecule has 2 heterocycles. The van der Waals surface area contributed by atoms with E-state index in [1.807, 2.05) is 0 Å². The number of hydrogen-bond acceptors (Lipinski definition) is 6. The summed E-state index contributed by atoms with van der Waals surface area (Å²) in [4.78, 5) is 33.1. The number of likely N-dealkylation sites (tertiary alicyclic amines) is 1. The van der Waals surface area contributed by atoms with Gasteiger partial charge in [-0.2, -0.15) is 0 Å². The molecule has 1 aromatic carbocycles. The molecule has 8 nitrogen and oxygen atoms in total. The highest BCUT2D eigenvalue weighted by Crippen LogP contribution is 2.26. The molecular formula is C16H14BrClN4O4. The first-order chi connectivity index (χ1) is 12.4. The molecule has 1 amide bonds. The fourth-order valence-electron chi connectivity index (χ4n) is 2.74. The topological polar surface area (TPSA) is 98.5 Å². The summed E-state index contributed by atoms with van der Waals surface area (Å²) in [5.74, 6) is -0.441. The second-order valence-electron chi connectivity index (χ2n) is 5.74. The number of ether oxygens (including phenoxy) is 1. The molecule has 1 aromatic heterocycles. The lowest BCUT2D eigenvalue weighted by atomic mass is 10.1. The lowest BCUT2D eigenvalue weighted by Gasteiger charge is -2.32. The normalized spacial score (nSPS) is 17.0. The lowest BCUT2D eigenvalue weighted by Crippen LogP contribution is -2.44. The van der Waals surface area contributed by atoms with E-state index in [4.69, 9.17) is 16.3 Å². The maximum absolute atomic E-state index is 12.8. The van der Waals surface area contributed by atoms with Crippen LogP contribution in [0.4, 0.5) is 5.69 Å². The first kappa shape index (κ1) is 18.5. The second kappa shape index (κ2) is 7.96. The fourth-order valence-corrected chi connectivity index (χ4v) is 3.12. The molecule has 0 saturated carbocycles. The van der Waals surface area contributed by atoms with Crippen LogP contribution in [0, 0.1) is 10.1 Å². The van der Waals surface area contributed by atoms with Crippen molar-refractivity contribution in [1.29, 1.82) is 0 Å². The van der Waals surface area contributed by atoms with Crippen molar-refractivity contribution < 1.29 is 14.5 Å². The largest absolute Gasteiger partial charge is 0.458 e. The van der Waals surface area contributed by atoms with Crippen molar-refractivity contribution >= 4 is 39.1 Å². The van der Waals surface area contributed by atoms with Crippen LogP contribution in [-0.4, -0.2) is 44.9 Å². The smallest absolute Gasteiger partial charge is 0.316 e. The number of nitrogens with zero attached hydrogens (tertiary/aromatic N) is 4. The van der Waals surface area contributed by atoms with E-state index in [1.165, 1.54) is 23.1 Å². The molecule has 3 rings (SSSR count). The Labute approximate surface area is 162 Å². The van der Waals surface area contributed by atoms with Gasteiger partial charge < -0.3 is 9.64 Å². The molecule has 26 heavy (non-hydrogen) atoms. The number of nitro groups is 1. The zero-order valence-corrected chi connectivity index (χ0v) is 15.8. The van der Waals surface area contributed by atoms with Crippen LogP contribution in [0.15, 0.2) is 35.1 Å². The third kappa shape index (κ3) is 4.28. The minimum atomic E-state index is -0.586. The molecule has 1 unspecified atom stereocenters. The number of piperidine rings is 1. The summed E-state index contributed by atoms with van der Waals surface area (Å²) >= 11 is 9.16. The highest BCUT2D eigenvalue weighted by atomic mass is 79.9. The van der Waals surface area contributed by atoms with E-state index in [9.17, 15) is 14.9 Å². The molecule has 1 atom stereocenters. The van der Waals surface area contributed by atoms with Crippen LogP contribution in [0.25, 0.3) is 0 Å². The van der Waals surface area contributed by atoms with Crippen molar-refractivity contribution in [2.75, 3.05) is 13.1 Å². The number of rotatable bonds is 4.